The van der Waals surface area contributed by atoms with Gasteiger partial charge in [-0.05, 0) is 38.1 Å². The van der Waals surface area contributed by atoms with E-state index >= 15 is 0 Å². The molecule has 0 unspecified atom stereocenters. The van der Waals surface area contributed by atoms with Crippen molar-refractivity contribution >= 4 is 16.9 Å². The van der Waals surface area contributed by atoms with E-state index in [1.54, 1.807) is 0 Å². The molecule has 0 radical (unpaired) electrons. The molecule has 3 aromatic rings. The van der Waals surface area contributed by atoms with Crippen LogP contribution in [0.25, 0.3) is 11.0 Å². The number of hydrogen-bond acceptors (Lipinski definition) is 3. The minimum Gasteiger partial charge on any atom is -0.493 e. The number of amides is 1. The molecule has 0 aliphatic rings. The number of hydrogen-bond donors (Lipinski definition) is 1. The van der Waals surface area contributed by atoms with E-state index < -0.39 is 0 Å². The van der Waals surface area contributed by atoms with E-state index in [9.17, 15) is 4.79 Å². The molecule has 124 valence electrons. The lowest BCUT2D eigenvalue weighted by atomic mass is 10.2. The first-order chi connectivity index (χ1) is 11.6. The lowest BCUT2D eigenvalue weighted by molar-refractivity contribution is -0.122. The number of rotatable bonds is 6. The fourth-order valence-corrected chi connectivity index (χ4v) is 2.50. The number of ether oxygens (including phenoxy) is 1. The first-order valence-electron chi connectivity index (χ1n) is 8.09. The fraction of sp³-hybridized carbons (Fsp3) is 0.250. The molecule has 0 bridgehead atoms. The maximum atomic E-state index is 12.1. The molecule has 2 aromatic carbocycles. The largest absolute Gasteiger partial charge is 0.493 e. The second-order valence-electron chi connectivity index (χ2n) is 5.89. The molecule has 0 aliphatic carbocycles. The van der Waals surface area contributed by atoms with Crippen molar-refractivity contribution in [3.63, 3.8) is 0 Å². The summed E-state index contributed by atoms with van der Waals surface area (Å²) in [4.78, 5) is 12.1. The van der Waals surface area contributed by atoms with E-state index in [2.05, 4.69) is 5.32 Å². The number of aryl methyl sites for hydroxylation is 1. The van der Waals surface area contributed by atoms with Gasteiger partial charge in [-0.15, -0.1) is 0 Å². The summed E-state index contributed by atoms with van der Waals surface area (Å²) < 4.78 is 11.4. The lowest BCUT2D eigenvalue weighted by Crippen LogP contribution is -2.27. The highest BCUT2D eigenvalue weighted by molar-refractivity contribution is 5.79. The Labute approximate surface area is 141 Å². The number of furan rings is 1. The predicted octanol–water partition coefficient (Wildman–Crippen LogP) is 4.39. The van der Waals surface area contributed by atoms with Gasteiger partial charge >= 0.3 is 0 Å². The molecular weight excluding hydrogens is 302 g/mol. The zero-order valence-electron chi connectivity index (χ0n) is 13.9. The SMILES string of the molecule is Cc1ccc(OCCC(=O)N[C@H](C)c2cc3ccccc3o2)cc1. The predicted molar refractivity (Wildman–Crippen MR) is 94.1 cm³/mol. The summed E-state index contributed by atoms with van der Waals surface area (Å²) in [6.07, 6.45) is 0.304. The van der Waals surface area contributed by atoms with E-state index in [0.29, 0.717) is 13.0 Å². The van der Waals surface area contributed by atoms with Crippen LogP contribution in [0.5, 0.6) is 5.75 Å². The molecule has 0 spiro atoms. The van der Waals surface area contributed by atoms with Crippen molar-refractivity contribution in [3.8, 4) is 5.75 Å². The summed E-state index contributed by atoms with van der Waals surface area (Å²) in [5, 5.41) is 3.98. The van der Waals surface area contributed by atoms with Crippen LogP contribution >= 0.6 is 0 Å². The quantitative estimate of drug-likeness (QED) is 0.732. The van der Waals surface area contributed by atoms with Crippen molar-refractivity contribution in [2.75, 3.05) is 6.61 Å². The molecule has 4 nitrogen and oxygen atoms in total. The third kappa shape index (κ3) is 3.96. The molecule has 24 heavy (non-hydrogen) atoms. The zero-order chi connectivity index (χ0) is 16.9. The smallest absolute Gasteiger partial charge is 0.224 e. The molecule has 1 heterocycles. The summed E-state index contributed by atoms with van der Waals surface area (Å²) in [6.45, 7) is 4.29. The van der Waals surface area contributed by atoms with Gasteiger partial charge in [-0.2, -0.15) is 0 Å². The van der Waals surface area contributed by atoms with Gasteiger partial charge in [-0.1, -0.05) is 35.9 Å². The topological polar surface area (TPSA) is 51.5 Å². The van der Waals surface area contributed by atoms with E-state index in [-0.39, 0.29) is 11.9 Å². The normalized spacial score (nSPS) is 12.1. The second-order valence-corrected chi connectivity index (χ2v) is 5.89. The van der Waals surface area contributed by atoms with Crippen LogP contribution in [0.2, 0.25) is 0 Å². The van der Waals surface area contributed by atoms with Gasteiger partial charge in [-0.3, -0.25) is 4.79 Å². The maximum Gasteiger partial charge on any atom is 0.224 e. The third-order valence-electron chi connectivity index (χ3n) is 3.87. The third-order valence-corrected chi connectivity index (χ3v) is 3.87. The minimum atomic E-state index is -0.177. The van der Waals surface area contributed by atoms with Crippen LogP contribution in [0.1, 0.15) is 30.7 Å². The standard InChI is InChI=1S/C20H21NO3/c1-14-7-9-17(10-8-14)23-12-11-20(22)21-15(2)19-13-16-5-3-4-6-18(16)24-19/h3-10,13,15H,11-12H2,1-2H3,(H,21,22)/t15-/m1/s1. The maximum absolute atomic E-state index is 12.1. The van der Waals surface area contributed by atoms with Gasteiger partial charge in [0.2, 0.25) is 5.91 Å². The average molecular weight is 323 g/mol. The number of fused-ring (bicyclic) bond motifs is 1. The monoisotopic (exact) mass is 323 g/mol. The van der Waals surface area contributed by atoms with E-state index in [1.807, 2.05) is 68.4 Å². The Morgan fingerprint density at radius 2 is 1.92 bits per heavy atom. The van der Waals surface area contributed by atoms with Crippen LogP contribution in [0, 0.1) is 6.92 Å². The number of carbonyl (C=O) groups excluding carboxylic acids is 1. The Morgan fingerprint density at radius 3 is 2.67 bits per heavy atom. The van der Waals surface area contributed by atoms with Gasteiger partial charge in [0, 0.05) is 5.39 Å². The van der Waals surface area contributed by atoms with Crippen molar-refractivity contribution in [1.29, 1.82) is 0 Å². The summed E-state index contributed by atoms with van der Waals surface area (Å²) in [7, 11) is 0. The summed E-state index contributed by atoms with van der Waals surface area (Å²) >= 11 is 0. The minimum absolute atomic E-state index is 0.0601. The first kappa shape index (κ1) is 16.1. The van der Waals surface area contributed by atoms with Crippen molar-refractivity contribution in [2.24, 2.45) is 0 Å². The van der Waals surface area contributed by atoms with Crippen LogP contribution in [0.4, 0.5) is 0 Å². The van der Waals surface area contributed by atoms with E-state index in [0.717, 1.165) is 22.5 Å². The van der Waals surface area contributed by atoms with Gasteiger partial charge in [-0.25, -0.2) is 0 Å². The molecule has 0 saturated heterocycles. The highest BCUT2D eigenvalue weighted by Crippen LogP contribution is 2.23. The fourth-order valence-electron chi connectivity index (χ4n) is 2.50. The highest BCUT2D eigenvalue weighted by atomic mass is 16.5. The zero-order valence-corrected chi connectivity index (χ0v) is 13.9. The van der Waals surface area contributed by atoms with E-state index in [1.165, 1.54) is 5.56 Å². The van der Waals surface area contributed by atoms with Crippen LogP contribution in [0.3, 0.4) is 0 Å². The Bertz CT molecular complexity index is 787. The van der Waals surface area contributed by atoms with Crippen molar-refractivity contribution in [2.45, 2.75) is 26.3 Å². The summed E-state index contributed by atoms with van der Waals surface area (Å²) in [5.41, 5.74) is 2.01. The Balaban J connectivity index is 1.49. The molecular formula is C20H21NO3. The average Bonchev–Trinajstić information content (AvgIpc) is 3.01. The van der Waals surface area contributed by atoms with Crippen molar-refractivity contribution < 1.29 is 13.9 Å². The van der Waals surface area contributed by atoms with Crippen molar-refractivity contribution in [1.82, 2.24) is 5.32 Å². The van der Waals surface area contributed by atoms with Gasteiger partial charge < -0.3 is 14.5 Å². The first-order valence-corrected chi connectivity index (χ1v) is 8.09. The van der Waals surface area contributed by atoms with E-state index in [4.69, 9.17) is 9.15 Å². The molecule has 1 N–H and O–H groups in total. The molecule has 3 rings (SSSR count). The number of nitrogens with one attached hydrogen (secondary N) is 1. The Hall–Kier alpha value is -2.75. The van der Waals surface area contributed by atoms with Gasteiger partial charge in [0.25, 0.3) is 0 Å². The number of benzene rings is 2. The molecule has 1 atom stereocenters. The Morgan fingerprint density at radius 1 is 1.17 bits per heavy atom. The van der Waals surface area contributed by atoms with Gasteiger partial charge in [0.1, 0.15) is 17.1 Å². The van der Waals surface area contributed by atoms with Crippen LogP contribution in [0.15, 0.2) is 59.0 Å². The molecule has 4 heteroatoms. The van der Waals surface area contributed by atoms with Crippen LogP contribution in [-0.4, -0.2) is 12.5 Å². The molecule has 0 fully saturated rings. The second kappa shape index (κ2) is 7.21. The molecule has 1 amide bonds. The van der Waals surface area contributed by atoms with Crippen molar-refractivity contribution in [3.05, 3.63) is 65.9 Å². The Kier molecular flexibility index (Phi) is 4.85. The molecule has 0 aliphatic heterocycles. The lowest BCUT2D eigenvalue weighted by Gasteiger charge is -2.12. The number of carbonyl (C=O) groups is 1. The summed E-state index contributed by atoms with van der Waals surface area (Å²) in [6, 6.07) is 17.4. The molecule has 1 aromatic heterocycles. The summed E-state index contributed by atoms with van der Waals surface area (Å²) in [5.74, 6) is 1.47. The van der Waals surface area contributed by atoms with Gasteiger partial charge in [0.05, 0.1) is 19.1 Å². The van der Waals surface area contributed by atoms with Crippen LogP contribution in [-0.2, 0) is 4.79 Å². The van der Waals surface area contributed by atoms with Crippen LogP contribution < -0.4 is 10.1 Å². The number of para-hydroxylation sites is 1. The highest BCUT2D eigenvalue weighted by Gasteiger charge is 2.14. The van der Waals surface area contributed by atoms with Gasteiger partial charge in [0.15, 0.2) is 0 Å². The molecule has 0 saturated carbocycles.